The van der Waals surface area contributed by atoms with Crippen LogP contribution < -0.4 is 19.6 Å². The van der Waals surface area contributed by atoms with Crippen LogP contribution in [-0.2, 0) is 9.53 Å². The van der Waals surface area contributed by atoms with Crippen molar-refractivity contribution < 1.29 is 14.3 Å². The van der Waals surface area contributed by atoms with Gasteiger partial charge in [0.05, 0.1) is 29.0 Å². The Labute approximate surface area is 201 Å². The Morgan fingerprint density at radius 2 is 1.82 bits per heavy atom. The van der Waals surface area contributed by atoms with Gasteiger partial charge in [-0.2, -0.15) is 0 Å². The molecular formula is C27H26N2O4S. The van der Waals surface area contributed by atoms with Crippen LogP contribution in [0.1, 0.15) is 37.9 Å². The van der Waals surface area contributed by atoms with E-state index in [2.05, 4.69) is 4.99 Å². The number of rotatable bonds is 6. The quantitative estimate of drug-likeness (QED) is 0.509. The van der Waals surface area contributed by atoms with Crippen LogP contribution in [0.5, 0.6) is 5.75 Å². The molecule has 34 heavy (non-hydrogen) atoms. The van der Waals surface area contributed by atoms with Gasteiger partial charge in [0, 0.05) is 5.56 Å². The van der Waals surface area contributed by atoms with E-state index in [-0.39, 0.29) is 11.7 Å². The lowest BCUT2D eigenvalue weighted by molar-refractivity contribution is -0.136. The molecule has 3 aromatic rings. The number of aromatic nitrogens is 1. The summed E-state index contributed by atoms with van der Waals surface area (Å²) in [4.78, 5) is 31.5. The van der Waals surface area contributed by atoms with Gasteiger partial charge in [-0.25, -0.2) is 9.79 Å². The van der Waals surface area contributed by atoms with E-state index in [1.54, 1.807) is 17.6 Å². The summed E-state index contributed by atoms with van der Waals surface area (Å²) in [5.74, 6) is 0.0843. The molecule has 0 bridgehead atoms. The monoisotopic (exact) mass is 474 g/mol. The van der Waals surface area contributed by atoms with E-state index in [0.717, 1.165) is 5.56 Å². The van der Waals surface area contributed by atoms with Gasteiger partial charge in [-0.3, -0.25) is 9.36 Å². The summed E-state index contributed by atoms with van der Waals surface area (Å²) in [5.41, 5.74) is 2.36. The summed E-state index contributed by atoms with van der Waals surface area (Å²) in [6.45, 7) is 5.63. The van der Waals surface area contributed by atoms with Crippen LogP contribution in [0.4, 0.5) is 0 Å². The zero-order chi connectivity index (χ0) is 24.2. The number of thiazole rings is 1. The lowest BCUT2D eigenvalue weighted by atomic mass is 9.95. The number of carbonyl (C=O) groups is 1. The van der Waals surface area contributed by atoms with E-state index in [9.17, 15) is 9.59 Å². The molecule has 1 aliphatic rings. The van der Waals surface area contributed by atoms with E-state index in [4.69, 9.17) is 9.47 Å². The fourth-order valence-electron chi connectivity index (χ4n) is 3.88. The van der Waals surface area contributed by atoms with Gasteiger partial charge in [-0.05, 0) is 38.5 Å². The number of allylic oxidation sites excluding steroid dienone is 2. The third-order valence-corrected chi connectivity index (χ3v) is 6.34. The van der Waals surface area contributed by atoms with Gasteiger partial charge in [-0.1, -0.05) is 72.0 Å². The van der Waals surface area contributed by atoms with Gasteiger partial charge < -0.3 is 9.47 Å². The van der Waals surface area contributed by atoms with Crippen molar-refractivity contribution in [2.24, 2.45) is 4.99 Å². The summed E-state index contributed by atoms with van der Waals surface area (Å²) in [7, 11) is 1.33. The molecule has 0 amide bonds. The van der Waals surface area contributed by atoms with E-state index < -0.39 is 12.0 Å². The van der Waals surface area contributed by atoms with Crippen LogP contribution in [0.3, 0.4) is 0 Å². The van der Waals surface area contributed by atoms with Crippen molar-refractivity contribution in [2.75, 3.05) is 7.11 Å². The second-order valence-corrected chi connectivity index (χ2v) is 9.08. The molecule has 0 radical (unpaired) electrons. The predicted octanol–water partition coefficient (Wildman–Crippen LogP) is 3.86. The maximum Gasteiger partial charge on any atom is 0.338 e. The van der Waals surface area contributed by atoms with Gasteiger partial charge in [0.15, 0.2) is 4.80 Å². The van der Waals surface area contributed by atoms with Crippen LogP contribution in [0, 0.1) is 0 Å². The largest absolute Gasteiger partial charge is 0.491 e. The average Bonchev–Trinajstić information content (AvgIpc) is 3.13. The molecule has 0 unspecified atom stereocenters. The van der Waals surface area contributed by atoms with Crippen molar-refractivity contribution in [1.29, 1.82) is 0 Å². The number of para-hydroxylation sites is 1. The van der Waals surface area contributed by atoms with E-state index in [1.807, 2.05) is 80.6 Å². The Bertz CT molecular complexity index is 1450. The number of fused-ring (bicyclic) bond motifs is 1. The molecule has 6 nitrogen and oxygen atoms in total. The molecule has 2 heterocycles. The summed E-state index contributed by atoms with van der Waals surface area (Å²) < 4.78 is 13.2. The Balaban J connectivity index is 1.90. The smallest absolute Gasteiger partial charge is 0.338 e. The fraction of sp³-hybridized carbons (Fsp3) is 0.222. The first-order valence-corrected chi connectivity index (χ1v) is 11.8. The molecule has 1 atom stereocenters. The first kappa shape index (κ1) is 23.4. The Morgan fingerprint density at radius 1 is 1.12 bits per heavy atom. The van der Waals surface area contributed by atoms with Crippen molar-refractivity contribution in [3.8, 4) is 5.75 Å². The predicted molar refractivity (Wildman–Crippen MR) is 134 cm³/mol. The highest BCUT2D eigenvalue weighted by Crippen LogP contribution is 2.36. The first-order chi connectivity index (χ1) is 16.4. The van der Waals surface area contributed by atoms with Crippen molar-refractivity contribution in [2.45, 2.75) is 32.9 Å². The van der Waals surface area contributed by atoms with E-state index in [1.165, 1.54) is 18.4 Å². The second kappa shape index (κ2) is 10.1. The Morgan fingerprint density at radius 3 is 2.53 bits per heavy atom. The summed E-state index contributed by atoms with van der Waals surface area (Å²) in [6, 6.07) is 16.6. The van der Waals surface area contributed by atoms with Gasteiger partial charge in [0.2, 0.25) is 0 Å². The van der Waals surface area contributed by atoms with Crippen LogP contribution in [0.25, 0.3) is 12.2 Å². The Kier molecular flexibility index (Phi) is 6.93. The highest BCUT2D eigenvalue weighted by Gasteiger charge is 2.34. The minimum Gasteiger partial charge on any atom is -0.491 e. The minimum absolute atomic E-state index is 0.0771. The molecule has 0 fully saturated rings. The lowest BCUT2D eigenvalue weighted by Gasteiger charge is -2.26. The van der Waals surface area contributed by atoms with Crippen LogP contribution in [0.2, 0.25) is 0 Å². The minimum atomic E-state index is -0.709. The Hall–Kier alpha value is -3.71. The van der Waals surface area contributed by atoms with Crippen molar-refractivity contribution >= 4 is 29.5 Å². The average molecular weight is 475 g/mol. The molecule has 0 saturated carbocycles. The SMILES string of the molecule is COC(=O)C1=C(C)N=c2s/c(=C\C=C\c3ccccc3)c(=O)n2[C@@H]1c1ccccc1OC(C)C. The number of nitrogens with zero attached hydrogens (tertiary/aromatic N) is 2. The zero-order valence-electron chi connectivity index (χ0n) is 19.5. The number of benzene rings is 2. The standard InChI is InChI=1S/C27H26N2O4S/c1-17(2)33-21-15-9-8-14-20(21)24-23(26(31)32-4)18(3)28-27-29(24)25(30)22(34-27)16-10-13-19-11-6-5-7-12-19/h5-17,24H,1-4H3/b13-10+,22-16-/t24-/m1/s1. The molecule has 174 valence electrons. The molecule has 1 aromatic heterocycles. The fourth-order valence-corrected chi connectivity index (χ4v) is 4.88. The molecule has 0 saturated heterocycles. The van der Waals surface area contributed by atoms with Crippen molar-refractivity contribution in [3.05, 3.63) is 103 Å². The van der Waals surface area contributed by atoms with Crippen molar-refractivity contribution in [1.82, 2.24) is 4.57 Å². The second-order valence-electron chi connectivity index (χ2n) is 8.07. The van der Waals surface area contributed by atoms with Crippen LogP contribution >= 0.6 is 11.3 Å². The number of ether oxygens (including phenoxy) is 2. The molecule has 4 rings (SSSR count). The normalized spacial score (nSPS) is 16.0. The van der Waals surface area contributed by atoms with Crippen molar-refractivity contribution in [3.63, 3.8) is 0 Å². The number of hydrogen-bond acceptors (Lipinski definition) is 6. The molecule has 0 spiro atoms. The third kappa shape index (κ3) is 4.65. The summed E-state index contributed by atoms with van der Waals surface area (Å²) in [6.07, 6.45) is 5.49. The molecule has 0 N–H and O–H groups in total. The summed E-state index contributed by atoms with van der Waals surface area (Å²) >= 11 is 1.29. The van der Waals surface area contributed by atoms with Gasteiger partial charge >= 0.3 is 5.97 Å². The third-order valence-electron chi connectivity index (χ3n) is 5.34. The lowest BCUT2D eigenvalue weighted by Crippen LogP contribution is -2.40. The maximum atomic E-state index is 13.6. The number of carbonyl (C=O) groups excluding carboxylic acids is 1. The van der Waals surface area contributed by atoms with Gasteiger partial charge in [-0.15, -0.1) is 0 Å². The van der Waals surface area contributed by atoms with Crippen LogP contribution in [-0.4, -0.2) is 23.8 Å². The van der Waals surface area contributed by atoms with Gasteiger partial charge in [0.25, 0.3) is 5.56 Å². The van der Waals surface area contributed by atoms with E-state index >= 15 is 0 Å². The molecular weight excluding hydrogens is 448 g/mol. The zero-order valence-corrected chi connectivity index (χ0v) is 20.3. The van der Waals surface area contributed by atoms with Gasteiger partial charge in [0.1, 0.15) is 11.8 Å². The highest BCUT2D eigenvalue weighted by atomic mass is 32.1. The number of esters is 1. The highest BCUT2D eigenvalue weighted by molar-refractivity contribution is 7.07. The van der Waals surface area contributed by atoms with E-state index in [0.29, 0.717) is 31.9 Å². The molecule has 2 aromatic carbocycles. The topological polar surface area (TPSA) is 69.9 Å². The number of hydrogen-bond donors (Lipinski definition) is 0. The first-order valence-electron chi connectivity index (χ1n) is 11.0. The number of methoxy groups -OCH3 is 1. The maximum absolute atomic E-state index is 13.6. The summed E-state index contributed by atoms with van der Waals surface area (Å²) in [5, 5.41) is 0. The molecule has 7 heteroatoms. The molecule has 1 aliphatic heterocycles. The molecule has 0 aliphatic carbocycles. The van der Waals surface area contributed by atoms with Crippen LogP contribution in [0.15, 0.2) is 81.7 Å².